The van der Waals surface area contributed by atoms with Crippen molar-refractivity contribution in [2.45, 2.75) is 5.22 Å². The van der Waals surface area contributed by atoms with Crippen molar-refractivity contribution >= 4 is 23.4 Å². The minimum atomic E-state index is -0.500. The summed E-state index contributed by atoms with van der Waals surface area (Å²) in [5, 5.41) is 21.3. The number of nitro benzene ring substituents is 1. The van der Waals surface area contributed by atoms with Gasteiger partial charge in [-0.05, 0) is 6.07 Å². The minimum absolute atomic E-state index is 0.0626. The monoisotopic (exact) mass is 338 g/mol. The summed E-state index contributed by atoms with van der Waals surface area (Å²) in [4.78, 5) is 21.8. The zero-order valence-corrected chi connectivity index (χ0v) is 13.0. The quantitative estimate of drug-likeness (QED) is 0.333. The van der Waals surface area contributed by atoms with Gasteiger partial charge < -0.3 is 14.5 Å². The molecule has 9 nitrogen and oxygen atoms in total. The number of nitrogens with one attached hydrogen (secondary N) is 1. The Hall–Kier alpha value is -2.46. The number of hydrogen-bond donors (Lipinski definition) is 1. The molecular formula is C13H14N4O5S. The number of methoxy groups -OCH3 is 1. The maximum Gasteiger partial charge on any atom is 0.277 e. The molecule has 0 bridgehead atoms. The van der Waals surface area contributed by atoms with Crippen LogP contribution in [0.15, 0.2) is 33.9 Å². The van der Waals surface area contributed by atoms with Gasteiger partial charge in [0.2, 0.25) is 11.8 Å². The number of amides is 1. The fourth-order valence-corrected chi connectivity index (χ4v) is 2.20. The number of nitrogens with zero attached hydrogens (tertiary/aromatic N) is 3. The van der Waals surface area contributed by atoms with Crippen molar-refractivity contribution in [3.63, 3.8) is 0 Å². The van der Waals surface area contributed by atoms with Crippen molar-refractivity contribution in [2.75, 3.05) is 26.0 Å². The standard InChI is InChI=1S/C13H14N4O5S/c1-21-6-5-14-11(18)8-23-13-16-15-12(22-13)9-3-2-4-10(7-9)17(19)20/h2-4,7H,5-6,8H2,1H3,(H,14,18). The van der Waals surface area contributed by atoms with Crippen LogP contribution < -0.4 is 5.32 Å². The van der Waals surface area contributed by atoms with Gasteiger partial charge in [0, 0.05) is 31.4 Å². The summed E-state index contributed by atoms with van der Waals surface area (Å²) in [7, 11) is 1.55. The van der Waals surface area contributed by atoms with Crippen molar-refractivity contribution in [1.82, 2.24) is 15.5 Å². The molecule has 1 amide bonds. The molecule has 122 valence electrons. The number of ether oxygens (including phenoxy) is 1. The molecule has 10 heteroatoms. The Morgan fingerprint density at radius 1 is 1.48 bits per heavy atom. The first-order valence-electron chi connectivity index (χ1n) is 6.57. The minimum Gasteiger partial charge on any atom is -0.411 e. The first-order chi connectivity index (χ1) is 11.1. The molecule has 1 heterocycles. The third-order valence-corrected chi connectivity index (χ3v) is 3.48. The summed E-state index contributed by atoms with van der Waals surface area (Å²) >= 11 is 1.09. The summed E-state index contributed by atoms with van der Waals surface area (Å²) in [5.74, 6) is 0.110. The Morgan fingerprint density at radius 3 is 3.04 bits per heavy atom. The van der Waals surface area contributed by atoms with Crippen molar-refractivity contribution in [2.24, 2.45) is 0 Å². The van der Waals surface area contributed by atoms with Gasteiger partial charge in [-0.1, -0.05) is 17.8 Å². The molecule has 1 aromatic carbocycles. The Morgan fingerprint density at radius 2 is 2.30 bits per heavy atom. The van der Waals surface area contributed by atoms with Gasteiger partial charge in [0.05, 0.1) is 17.3 Å². The number of carbonyl (C=O) groups is 1. The van der Waals surface area contributed by atoms with E-state index in [1.807, 2.05) is 0 Å². The largest absolute Gasteiger partial charge is 0.411 e. The molecule has 0 aliphatic carbocycles. The van der Waals surface area contributed by atoms with Gasteiger partial charge >= 0.3 is 0 Å². The molecule has 0 saturated heterocycles. The number of hydrogen-bond acceptors (Lipinski definition) is 8. The molecule has 0 unspecified atom stereocenters. The average molecular weight is 338 g/mol. The molecule has 0 fully saturated rings. The molecular weight excluding hydrogens is 324 g/mol. The summed E-state index contributed by atoms with van der Waals surface area (Å²) < 4.78 is 10.2. The smallest absolute Gasteiger partial charge is 0.277 e. The van der Waals surface area contributed by atoms with E-state index in [0.717, 1.165) is 11.8 Å². The first-order valence-corrected chi connectivity index (χ1v) is 7.55. The maximum absolute atomic E-state index is 11.5. The highest BCUT2D eigenvalue weighted by Crippen LogP contribution is 2.25. The highest BCUT2D eigenvalue weighted by molar-refractivity contribution is 7.99. The number of aromatic nitrogens is 2. The van der Waals surface area contributed by atoms with E-state index in [2.05, 4.69) is 15.5 Å². The second-order valence-corrected chi connectivity index (χ2v) is 5.24. The molecule has 0 radical (unpaired) electrons. The molecule has 2 rings (SSSR count). The van der Waals surface area contributed by atoms with E-state index >= 15 is 0 Å². The number of carbonyl (C=O) groups excluding carboxylic acids is 1. The summed E-state index contributed by atoms with van der Waals surface area (Å²) in [6.07, 6.45) is 0. The highest BCUT2D eigenvalue weighted by Gasteiger charge is 2.14. The Balaban J connectivity index is 1.94. The van der Waals surface area contributed by atoms with Gasteiger partial charge in [-0.15, -0.1) is 10.2 Å². The number of thioether (sulfide) groups is 1. The van der Waals surface area contributed by atoms with E-state index in [9.17, 15) is 14.9 Å². The van der Waals surface area contributed by atoms with Crippen LogP contribution in [0.25, 0.3) is 11.5 Å². The van der Waals surface area contributed by atoms with Crippen LogP contribution in [0, 0.1) is 10.1 Å². The summed E-state index contributed by atoms with van der Waals surface area (Å²) in [6, 6.07) is 5.89. The maximum atomic E-state index is 11.5. The molecule has 0 saturated carbocycles. The van der Waals surface area contributed by atoms with E-state index in [4.69, 9.17) is 9.15 Å². The second-order valence-electron chi connectivity index (χ2n) is 4.31. The van der Waals surface area contributed by atoms with Gasteiger partial charge in [-0.3, -0.25) is 14.9 Å². The number of nitro groups is 1. The van der Waals surface area contributed by atoms with Crippen LogP contribution in [0.1, 0.15) is 0 Å². The number of rotatable bonds is 8. The SMILES string of the molecule is COCCNC(=O)CSc1nnc(-c2cccc([N+](=O)[O-])c2)o1. The molecule has 0 atom stereocenters. The van der Waals surface area contributed by atoms with Gasteiger partial charge in [-0.25, -0.2) is 0 Å². The number of benzene rings is 1. The predicted molar refractivity (Wildman–Crippen MR) is 82.0 cm³/mol. The zero-order valence-electron chi connectivity index (χ0n) is 12.2. The Bertz CT molecular complexity index is 691. The Labute approximate surface area is 135 Å². The molecule has 0 aliphatic rings. The van der Waals surface area contributed by atoms with Gasteiger partial charge in [-0.2, -0.15) is 0 Å². The van der Waals surface area contributed by atoms with E-state index in [-0.39, 0.29) is 28.5 Å². The summed E-state index contributed by atoms with van der Waals surface area (Å²) in [6.45, 7) is 0.868. The van der Waals surface area contributed by atoms with Crippen LogP contribution in [-0.4, -0.2) is 47.0 Å². The van der Waals surface area contributed by atoms with Gasteiger partial charge in [0.25, 0.3) is 10.9 Å². The van der Waals surface area contributed by atoms with E-state index in [1.165, 1.54) is 18.2 Å². The summed E-state index contributed by atoms with van der Waals surface area (Å²) in [5.41, 5.74) is 0.385. The predicted octanol–water partition coefficient (Wildman–Crippen LogP) is 1.50. The lowest BCUT2D eigenvalue weighted by Gasteiger charge is -2.02. The molecule has 23 heavy (non-hydrogen) atoms. The lowest BCUT2D eigenvalue weighted by Crippen LogP contribution is -2.28. The van der Waals surface area contributed by atoms with Crippen LogP contribution in [0.2, 0.25) is 0 Å². The molecule has 1 aromatic heterocycles. The average Bonchev–Trinajstić information content (AvgIpc) is 3.02. The molecule has 2 aromatic rings. The molecule has 0 aliphatic heterocycles. The van der Waals surface area contributed by atoms with E-state index < -0.39 is 4.92 Å². The van der Waals surface area contributed by atoms with Crippen molar-refractivity contribution in [3.8, 4) is 11.5 Å². The van der Waals surface area contributed by atoms with E-state index in [0.29, 0.717) is 18.7 Å². The van der Waals surface area contributed by atoms with Crippen molar-refractivity contribution in [3.05, 3.63) is 34.4 Å². The van der Waals surface area contributed by atoms with Crippen LogP contribution in [0.4, 0.5) is 5.69 Å². The van der Waals surface area contributed by atoms with Gasteiger partial charge in [0.15, 0.2) is 0 Å². The normalized spacial score (nSPS) is 10.5. The van der Waals surface area contributed by atoms with Gasteiger partial charge in [0.1, 0.15) is 0 Å². The van der Waals surface area contributed by atoms with Crippen LogP contribution in [0.3, 0.4) is 0 Å². The third-order valence-electron chi connectivity index (χ3n) is 2.67. The number of non-ortho nitro benzene ring substituents is 1. The lowest BCUT2D eigenvalue weighted by molar-refractivity contribution is -0.384. The molecule has 0 spiro atoms. The fraction of sp³-hybridized carbons (Fsp3) is 0.308. The van der Waals surface area contributed by atoms with Crippen molar-refractivity contribution in [1.29, 1.82) is 0 Å². The first kappa shape index (κ1) is 16.9. The fourth-order valence-electron chi connectivity index (χ4n) is 1.61. The topological polar surface area (TPSA) is 120 Å². The second kappa shape index (κ2) is 8.25. The Kier molecular flexibility index (Phi) is 6.06. The third kappa shape index (κ3) is 5.04. The highest BCUT2D eigenvalue weighted by atomic mass is 32.2. The molecule has 1 N–H and O–H groups in total. The van der Waals surface area contributed by atoms with Crippen LogP contribution in [0.5, 0.6) is 0 Å². The van der Waals surface area contributed by atoms with Crippen LogP contribution in [-0.2, 0) is 9.53 Å². The lowest BCUT2D eigenvalue weighted by atomic mass is 10.2. The zero-order chi connectivity index (χ0) is 16.7. The van der Waals surface area contributed by atoms with Crippen LogP contribution >= 0.6 is 11.8 Å². The van der Waals surface area contributed by atoms with E-state index in [1.54, 1.807) is 13.2 Å². The van der Waals surface area contributed by atoms with Crippen molar-refractivity contribution < 1.29 is 18.9 Å².